The summed E-state index contributed by atoms with van der Waals surface area (Å²) in [6.07, 6.45) is 0.439. The Morgan fingerprint density at radius 2 is 2.17 bits per heavy atom. The molecule has 2 N–H and O–H groups in total. The van der Waals surface area contributed by atoms with Crippen molar-refractivity contribution in [3.05, 3.63) is 29.3 Å². The van der Waals surface area contributed by atoms with E-state index in [1.165, 1.54) is 11.3 Å². The van der Waals surface area contributed by atoms with Gasteiger partial charge in [0.1, 0.15) is 6.04 Å². The molecule has 2 aliphatic heterocycles. The van der Waals surface area contributed by atoms with Crippen molar-refractivity contribution in [2.45, 2.75) is 18.5 Å². The van der Waals surface area contributed by atoms with Crippen LogP contribution in [-0.4, -0.2) is 52.8 Å². The standard InChI is InChI=1S/C15H14N4O3S/c20-12-6-16-13(21)10-5-8(7-19(10)12)17-14(22)15-18-9-3-1-2-4-11(9)23-15/h1-4,8,10H,5-7H2,(H,16,21)(H,17,22)/t8-,10+/m1/s1. The van der Waals surface area contributed by atoms with E-state index >= 15 is 0 Å². The predicted octanol–water partition coefficient (Wildman–Crippen LogP) is 0.125. The Morgan fingerprint density at radius 1 is 1.35 bits per heavy atom. The van der Waals surface area contributed by atoms with Crippen molar-refractivity contribution in [3.8, 4) is 0 Å². The first-order valence-electron chi connectivity index (χ1n) is 7.35. The number of amides is 3. The van der Waals surface area contributed by atoms with E-state index in [0.29, 0.717) is 18.0 Å². The number of fused-ring (bicyclic) bond motifs is 2. The fraction of sp³-hybridized carbons (Fsp3) is 0.333. The molecular formula is C15H14N4O3S. The Labute approximate surface area is 135 Å². The average Bonchev–Trinajstić information content (AvgIpc) is 3.15. The molecule has 23 heavy (non-hydrogen) atoms. The maximum Gasteiger partial charge on any atom is 0.280 e. The van der Waals surface area contributed by atoms with E-state index in [-0.39, 0.29) is 30.3 Å². The fourth-order valence-corrected chi connectivity index (χ4v) is 3.93. The number of carbonyl (C=O) groups is 3. The number of piperazine rings is 1. The summed E-state index contributed by atoms with van der Waals surface area (Å²) in [6, 6.07) is 6.86. The van der Waals surface area contributed by atoms with Crippen LogP contribution in [0, 0.1) is 0 Å². The van der Waals surface area contributed by atoms with Crippen molar-refractivity contribution in [2.75, 3.05) is 13.1 Å². The lowest BCUT2D eigenvalue weighted by atomic mass is 10.1. The third-order valence-electron chi connectivity index (χ3n) is 4.16. The van der Waals surface area contributed by atoms with Crippen LogP contribution in [0.3, 0.4) is 0 Å². The molecule has 0 radical (unpaired) electrons. The lowest BCUT2D eigenvalue weighted by Crippen LogP contribution is -2.55. The van der Waals surface area contributed by atoms with Gasteiger partial charge in [-0.1, -0.05) is 12.1 Å². The highest BCUT2D eigenvalue weighted by Crippen LogP contribution is 2.23. The summed E-state index contributed by atoms with van der Waals surface area (Å²) < 4.78 is 0.955. The van der Waals surface area contributed by atoms with Crippen LogP contribution in [0.25, 0.3) is 10.2 Å². The first-order valence-corrected chi connectivity index (χ1v) is 8.17. The highest BCUT2D eigenvalue weighted by Gasteiger charge is 2.42. The van der Waals surface area contributed by atoms with E-state index in [2.05, 4.69) is 15.6 Å². The number of aromatic nitrogens is 1. The van der Waals surface area contributed by atoms with Gasteiger partial charge in [-0.25, -0.2) is 4.98 Å². The molecule has 0 bridgehead atoms. The van der Waals surface area contributed by atoms with Crippen molar-refractivity contribution < 1.29 is 14.4 Å². The Hall–Kier alpha value is -2.48. The van der Waals surface area contributed by atoms with Gasteiger partial charge in [-0.3, -0.25) is 14.4 Å². The molecule has 2 fully saturated rings. The van der Waals surface area contributed by atoms with E-state index < -0.39 is 6.04 Å². The molecule has 0 aliphatic carbocycles. The summed E-state index contributed by atoms with van der Waals surface area (Å²) in [7, 11) is 0. The van der Waals surface area contributed by atoms with Crippen LogP contribution in [0.4, 0.5) is 0 Å². The van der Waals surface area contributed by atoms with Crippen molar-refractivity contribution >= 4 is 39.3 Å². The molecule has 2 aliphatic rings. The van der Waals surface area contributed by atoms with Gasteiger partial charge in [0.15, 0.2) is 5.01 Å². The summed E-state index contributed by atoms with van der Waals surface area (Å²) in [5, 5.41) is 5.86. The van der Waals surface area contributed by atoms with Crippen LogP contribution < -0.4 is 10.6 Å². The van der Waals surface area contributed by atoms with Crippen molar-refractivity contribution in [2.24, 2.45) is 0 Å². The molecule has 2 aromatic rings. The minimum absolute atomic E-state index is 0.0356. The number of benzene rings is 1. The highest BCUT2D eigenvalue weighted by atomic mass is 32.1. The minimum Gasteiger partial charge on any atom is -0.345 e. The normalized spacial score (nSPS) is 23.7. The Bertz CT molecular complexity index is 761. The van der Waals surface area contributed by atoms with Crippen molar-refractivity contribution in [1.29, 1.82) is 0 Å². The van der Waals surface area contributed by atoms with Gasteiger partial charge in [-0.05, 0) is 18.6 Å². The molecule has 3 heterocycles. The van der Waals surface area contributed by atoms with Crippen LogP contribution in [0.15, 0.2) is 24.3 Å². The van der Waals surface area contributed by atoms with Crippen LogP contribution in [-0.2, 0) is 9.59 Å². The molecule has 2 atom stereocenters. The van der Waals surface area contributed by atoms with E-state index in [1.54, 1.807) is 4.90 Å². The van der Waals surface area contributed by atoms with Gasteiger partial charge in [-0.2, -0.15) is 0 Å². The van der Waals surface area contributed by atoms with E-state index in [1.807, 2.05) is 24.3 Å². The average molecular weight is 330 g/mol. The molecule has 1 aromatic carbocycles. The number of carbonyl (C=O) groups excluding carboxylic acids is 3. The molecule has 0 unspecified atom stereocenters. The fourth-order valence-electron chi connectivity index (χ4n) is 3.06. The number of para-hydroxylation sites is 1. The maximum atomic E-state index is 12.4. The number of rotatable bonds is 2. The maximum absolute atomic E-state index is 12.4. The number of nitrogens with one attached hydrogen (secondary N) is 2. The second-order valence-corrected chi connectivity index (χ2v) is 6.70. The molecule has 3 amide bonds. The van der Waals surface area contributed by atoms with E-state index in [0.717, 1.165) is 10.2 Å². The SMILES string of the molecule is O=C(N[C@@H]1C[C@H]2C(=O)NCC(=O)N2C1)c1nc2ccccc2s1. The van der Waals surface area contributed by atoms with Crippen LogP contribution >= 0.6 is 11.3 Å². The van der Waals surface area contributed by atoms with E-state index in [4.69, 9.17) is 0 Å². The number of nitrogens with zero attached hydrogens (tertiary/aromatic N) is 2. The van der Waals surface area contributed by atoms with Gasteiger partial charge in [-0.15, -0.1) is 11.3 Å². The van der Waals surface area contributed by atoms with Crippen molar-refractivity contribution in [3.63, 3.8) is 0 Å². The summed E-state index contributed by atoms with van der Waals surface area (Å²) in [6.45, 7) is 0.404. The monoisotopic (exact) mass is 330 g/mol. The van der Waals surface area contributed by atoms with Crippen LogP contribution in [0.1, 0.15) is 16.2 Å². The molecule has 7 nitrogen and oxygen atoms in total. The lowest BCUT2D eigenvalue weighted by Gasteiger charge is -2.28. The molecule has 0 spiro atoms. The molecular weight excluding hydrogens is 316 g/mol. The third kappa shape index (κ3) is 2.44. The zero-order valence-electron chi connectivity index (χ0n) is 12.1. The zero-order chi connectivity index (χ0) is 16.0. The first kappa shape index (κ1) is 14.1. The summed E-state index contributed by atoms with van der Waals surface area (Å²) in [5.74, 6) is -0.517. The quantitative estimate of drug-likeness (QED) is 0.818. The Morgan fingerprint density at radius 3 is 2.96 bits per heavy atom. The number of hydrogen-bond donors (Lipinski definition) is 2. The summed E-state index contributed by atoms with van der Waals surface area (Å²) in [4.78, 5) is 41.9. The Balaban J connectivity index is 1.49. The van der Waals surface area contributed by atoms with Crippen LogP contribution in [0.2, 0.25) is 0 Å². The molecule has 118 valence electrons. The predicted molar refractivity (Wildman–Crippen MR) is 84.0 cm³/mol. The van der Waals surface area contributed by atoms with Gasteiger partial charge < -0.3 is 15.5 Å². The smallest absolute Gasteiger partial charge is 0.280 e. The largest absolute Gasteiger partial charge is 0.345 e. The second kappa shape index (κ2) is 5.31. The zero-order valence-corrected chi connectivity index (χ0v) is 12.9. The Kier molecular flexibility index (Phi) is 3.26. The third-order valence-corrected chi connectivity index (χ3v) is 5.20. The number of thiazole rings is 1. The van der Waals surface area contributed by atoms with E-state index in [9.17, 15) is 14.4 Å². The summed E-state index contributed by atoms with van der Waals surface area (Å²) in [5.41, 5.74) is 0.793. The molecule has 8 heteroatoms. The van der Waals surface area contributed by atoms with Crippen molar-refractivity contribution in [1.82, 2.24) is 20.5 Å². The lowest BCUT2D eigenvalue weighted by molar-refractivity contribution is -0.143. The van der Waals surface area contributed by atoms with Crippen LogP contribution in [0.5, 0.6) is 0 Å². The van der Waals surface area contributed by atoms with Gasteiger partial charge in [0.05, 0.1) is 16.8 Å². The van der Waals surface area contributed by atoms with Gasteiger partial charge in [0.25, 0.3) is 5.91 Å². The summed E-state index contributed by atoms with van der Waals surface area (Å²) >= 11 is 1.33. The minimum atomic E-state index is -0.475. The van der Waals surface area contributed by atoms with Gasteiger partial charge in [0.2, 0.25) is 11.8 Å². The van der Waals surface area contributed by atoms with Gasteiger partial charge in [0, 0.05) is 12.6 Å². The topological polar surface area (TPSA) is 91.4 Å². The molecule has 0 saturated carbocycles. The molecule has 4 rings (SSSR count). The number of hydrogen-bond acceptors (Lipinski definition) is 5. The molecule has 2 saturated heterocycles. The first-order chi connectivity index (χ1) is 11.1. The van der Waals surface area contributed by atoms with Gasteiger partial charge >= 0.3 is 0 Å². The second-order valence-electron chi connectivity index (χ2n) is 5.67. The molecule has 1 aromatic heterocycles. The highest BCUT2D eigenvalue weighted by molar-refractivity contribution is 7.20.